The van der Waals surface area contributed by atoms with Crippen LogP contribution in [-0.2, 0) is 19.3 Å². The lowest BCUT2D eigenvalue weighted by Gasteiger charge is -2.33. The molecule has 0 amide bonds. The summed E-state index contributed by atoms with van der Waals surface area (Å²) in [5, 5.41) is 9.62. The first-order chi connectivity index (χ1) is 12.7. The van der Waals surface area contributed by atoms with Crippen molar-refractivity contribution in [3.05, 3.63) is 59.2 Å². The van der Waals surface area contributed by atoms with E-state index in [1.165, 1.54) is 43.5 Å². The molecule has 26 heavy (non-hydrogen) atoms. The average molecular weight is 351 g/mol. The summed E-state index contributed by atoms with van der Waals surface area (Å²) in [5.41, 5.74) is 4.05. The topological polar surface area (TPSA) is 32.7 Å². The van der Waals surface area contributed by atoms with Crippen molar-refractivity contribution in [2.45, 2.75) is 45.1 Å². The molecule has 3 nitrogen and oxygen atoms in total. The highest BCUT2D eigenvalue weighted by atomic mass is 16.5. The molecule has 4 rings (SSSR count). The van der Waals surface area contributed by atoms with Gasteiger partial charge in [-0.25, -0.2) is 0 Å². The van der Waals surface area contributed by atoms with Crippen LogP contribution in [0.4, 0.5) is 0 Å². The monoisotopic (exact) mass is 351 g/mol. The molecule has 1 N–H and O–H groups in total. The summed E-state index contributed by atoms with van der Waals surface area (Å²) >= 11 is 0. The minimum absolute atomic E-state index is 0.227. The summed E-state index contributed by atoms with van der Waals surface area (Å²) < 4.78 is 6.06. The molecule has 0 aliphatic carbocycles. The smallest absolute Gasteiger partial charge is 0.123 e. The van der Waals surface area contributed by atoms with Crippen LogP contribution in [0.5, 0.6) is 11.5 Å². The zero-order chi connectivity index (χ0) is 17.9. The van der Waals surface area contributed by atoms with Crippen LogP contribution >= 0.6 is 0 Å². The van der Waals surface area contributed by atoms with E-state index in [0.29, 0.717) is 5.75 Å². The van der Waals surface area contributed by atoms with E-state index in [2.05, 4.69) is 36.1 Å². The molecule has 2 aliphatic heterocycles. The third-order valence-electron chi connectivity index (χ3n) is 5.91. The minimum Gasteiger partial charge on any atom is -0.508 e. The van der Waals surface area contributed by atoms with Gasteiger partial charge in [0.25, 0.3) is 0 Å². The molecule has 3 heteroatoms. The van der Waals surface area contributed by atoms with Gasteiger partial charge in [0, 0.05) is 18.5 Å². The van der Waals surface area contributed by atoms with Crippen molar-refractivity contribution in [3.63, 3.8) is 0 Å². The number of hydrogen-bond acceptors (Lipinski definition) is 3. The van der Waals surface area contributed by atoms with Crippen molar-refractivity contribution in [2.75, 3.05) is 19.6 Å². The normalized spacial score (nSPS) is 20.7. The Balaban J connectivity index is 1.24. The minimum atomic E-state index is 0.227. The largest absolute Gasteiger partial charge is 0.508 e. The maximum absolute atomic E-state index is 9.62. The van der Waals surface area contributed by atoms with Crippen LogP contribution in [0, 0.1) is 5.92 Å². The fraction of sp³-hybridized carbons (Fsp3) is 0.478. The third kappa shape index (κ3) is 4.04. The van der Waals surface area contributed by atoms with E-state index in [1.807, 2.05) is 12.1 Å². The van der Waals surface area contributed by atoms with Gasteiger partial charge in [-0.3, -0.25) is 4.90 Å². The van der Waals surface area contributed by atoms with Gasteiger partial charge in [-0.1, -0.05) is 31.2 Å². The first kappa shape index (κ1) is 17.4. The Hall–Kier alpha value is -2.00. The second kappa shape index (κ2) is 7.71. The van der Waals surface area contributed by atoms with E-state index in [4.69, 9.17) is 4.74 Å². The van der Waals surface area contributed by atoms with Crippen molar-refractivity contribution < 1.29 is 9.84 Å². The van der Waals surface area contributed by atoms with E-state index in [0.717, 1.165) is 36.6 Å². The lowest BCUT2D eigenvalue weighted by atomic mass is 9.89. The van der Waals surface area contributed by atoms with Crippen molar-refractivity contribution >= 4 is 0 Å². The van der Waals surface area contributed by atoms with E-state index in [-0.39, 0.29) is 6.10 Å². The van der Waals surface area contributed by atoms with Crippen LogP contribution in [0.2, 0.25) is 0 Å². The van der Waals surface area contributed by atoms with Gasteiger partial charge in [-0.05, 0) is 74.0 Å². The summed E-state index contributed by atoms with van der Waals surface area (Å²) in [6.45, 7) is 5.53. The van der Waals surface area contributed by atoms with Gasteiger partial charge in [0.05, 0.1) is 0 Å². The molecular weight excluding hydrogens is 322 g/mol. The Labute approximate surface area is 156 Å². The van der Waals surface area contributed by atoms with E-state index >= 15 is 0 Å². The molecule has 2 aromatic rings. The summed E-state index contributed by atoms with van der Waals surface area (Å²) in [6.07, 6.45) is 6.01. The number of piperidine rings is 1. The molecule has 0 aromatic heterocycles. The number of nitrogens with zero attached hydrogens (tertiary/aromatic N) is 1. The van der Waals surface area contributed by atoms with Crippen LogP contribution in [0.1, 0.15) is 36.5 Å². The van der Waals surface area contributed by atoms with Crippen molar-refractivity contribution in [1.82, 2.24) is 4.90 Å². The zero-order valence-corrected chi connectivity index (χ0v) is 15.7. The first-order valence-electron chi connectivity index (χ1n) is 9.98. The summed E-state index contributed by atoms with van der Waals surface area (Å²) in [5.74, 6) is 2.08. The lowest BCUT2D eigenvalue weighted by molar-refractivity contribution is 0.117. The molecule has 2 heterocycles. The zero-order valence-electron chi connectivity index (χ0n) is 15.7. The van der Waals surface area contributed by atoms with Gasteiger partial charge >= 0.3 is 0 Å². The predicted molar refractivity (Wildman–Crippen MR) is 105 cm³/mol. The Morgan fingerprint density at radius 1 is 1.04 bits per heavy atom. The second-order valence-corrected chi connectivity index (χ2v) is 7.85. The predicted octanol–water partition coefficient (Wildman–Crippen LogP) is 4.21. The summed E-state index contributed by atoms with van der Waals surface area (Å²) in [4.78, 5) is 2.55. The highest BCUT2D eigenvalue weighted by Crippen LogP contribution is 2.32. The van der Waals surface area contributed by atoms with Gasteiger partial charge < -0.3 is 9.84 Å². The van der Waals surface area contributed by atoms with Gasteiger partial charge in [0.2, 0.25) is 0 Å². The number of aromatic hydroxyl groups is 1. The molecule has 0 spiro atoms. The molecule has 1 atom stereocenters. The molecule has 0 radical (unpaired) electrons. The lowest BCUT2D eigenvalue weighted by Crippen LogP contribution is -2.40. The highest BCUT2D eigenvalue weighted by molar-refractivity contribution is 5.42. The molecular formula is C23H29NO2. The van der Waals surface area contributed by atoms with Gasteiger partial charge in [0.1, 0.15) is 17.6 Å². The van der Waals surface area contributed by atoms with Crippen LogP contribution < -0.4 is 4.74 Å². The van der Waals surface area contributed by atoms with Crippen molar-refractivity contribution in [3.8, 4) is 11.5 Å². The molecule has 138 valence electrons. The average Bonchev–Trinajstić information content (AvgIpc) is 3.05. The maximum Gasteiger partial charge on any atom is 0.123 e. The number of ether oxygens (including phenoxy) is 1. The number of fused-ring (bicyclic) bond motifs is 1. The third-order valence-corrected chi connectivity index (χ3v) is 5.91. The Bertz CT molecular complexity index is 732. The van der Waals surface area contributed by atoms with E-state index in [1.54, 1.807) is 6.07 Å². The summed E-state index contributed by atoms with van der Waals surface area (Å²) in [6, 6.07) is 14.6. The highest BCUT2D eigenvalue weighted by Gasteiger charge is 2.27. The SMILES string of the molecule is CCc1ccc(CC2CCN(CC3Cc4cc(O)ccc4O3)CC2)cc1. The number of likely N-dealkylation sites (tertiary alicyclic amines) is 1. The number of phenolic OH excluding ortho intramolecular Hbond substituents is 1. The molecule has 0 bridgehead atoms. The first-order valence-corrected chi connectivity index (χ1v) is 9.98. The van der Waals surface area contributed by atoms with Gasteiger partial charge in [-0.15, -0.1) is 0 Å². The van der Waals surface area contributed by atoms with Crippen LogP contribution in [0.25, 0.3) is 0 Å². The number of aryl methyl sites for hydroxylation is 1. The molecule has 1 unspecified atom stereocenters. The number of rotatable bonds is 5. The van der Waals surface area contributed by atoms with Crippen molar-refractivity contribution in [1.29, 1.82) is 0 Å². The molecule has 1 saturated heterocycles. The quantitative estimate of drug-likeness (QED) is 0.876. The van der Waals surface area contributed by atoms with Crippen LogP contribution in [0.3, 0.4) is 0 Å². The molecule has 1 fully saturated rings. The molecule has 2 aromatic carbocycles. The van der Waals surface area contributed by atoms with Gasteiger partial charge in [0.15, 0.2) is 0 Å². The Morgan fingerprint density at radius 2 is 1.77 bits per heavy atom. The number of phenols is 1. The van der Waals surface area contributed by atoms with E-state index < -0.39 is 0 Å². The van der Waals surface area contributed by atoms with Crippen molar-refractivity contribution in [2.24, 2.45) is 5.92 Å². The number of hydrogen-bond donors (Lipinski definition) is 1. The van der Waals surface area contributed by atoms with Crippen LogP contribution in [-0.4, -0.2) is 35.7 Å². The standard InChI is InChI=1S/C23H29NO2/c1-2-17-3-5-18(6-4-17)13-19-9-11-24(12-10-19)16-22-15-20-14-21(25)7-8-23(20)26-22/h3-8,14,19,22,25H,2,9-13,15-16H2,1H3. The summed E-state index contributed by atoms with van der Waals surface area (Å²) in [7, 11) is 0. The van der Waals surface area contributed by atoms with E-state index in [9.17, 15) is 5.11 Å². The van der Waals surface area contributed by atoms with Gasteiger partial charge in [-0.2, -0.15) is 0 Å². The Morgan fingerprint density at radius 3 is 2.50 bits per heavy atom. The van der Waals surface area contributed by atoms with Crippen LogP contribution in [0.15, 0.2) is 42.5 Å². The maximum atomic E-state index is 9.62. The second-order valence-electron chi connectivity index (χ2n) is 7.85. The fourth-order valence-corrected chi connectivity index (χ4v) is 4.31. The Kier molecular flexibility index (Phi) is 5.16. The fourth-order valence-electron chi connectivity index (χ4n) is 4.31. The number of benzene rings is 2. The molecule has 0 saturated carbocycles. The molecule has 2 aliphatic rings.